The third kappa shape index (κ3) is 6.26. The van der Waals surface area contributed by atoms with Gasteiger partial charge in [-0.2, -0.15) is 4.68 Å². The van der Waals surface area contributed by atoms with Crippen LogP contribution in [0.5, 0.6) is 0 Å². The van der Waals surface area contributed by atoms with Gasteiger partial charge in [0, 0.05) is 54.2 Å². The number of quaternary nitrogens is 1. The van der Waals surface area contributed by atoms with Crippen LogP contribution < -0.4 is 16.4 Å². The Kier molecular flexibility index (Phi) is 8.78. The molecule has 0 bridgehead atoms. The molecule has 2 amide bonds. The number of likely N-dealkylation sites (tertiary alicyclic amines) is 1. The van der Waals surface area contributed by atoms with E-state index < -0.39 is 12.0 Å². The first kappa shape index (κ1) is 29.5. The number of rotatable bonds is 7. The summed E-state index contributed by atoms with van der Waals surface area (Å²) < 4.78 is 1.77. The standard InChI is InChI=1S/C29H33ClN8O4/c1-18-14-24(16-32-27(18)28(40)34-23-6-2-19(3-7-23)29(41)42)38(12-10-22(31)11-13-38)26(39)9-4-20-15-21(30)5-8-25(20)37-17-33-35-36-37/h2-9,15,17-18,22,24,27,32H,10-14,16,31H2,1H3,(H-,34,40,41,42)/p+1/b9-4+. The average molecular weight is 594 g/mol. The number of benzene rings is 2. The lowest BCUT2D eigenvalue weighted by atomic mass is 9.85. The minimum absolute atomic E-state index is 0.0232. The molecular formula is C29H34ClN8O4+. The number of carbonyl (C=O) groups is 3. The SMILES string of the molecule is CC1CC([N+]2(C(=O)/C=C/c3cc(Cl)ccc3-n3cnnn3)CCC(N)CC2)CNC1C(=O)Nc1ccc(C(=O)O)cc1. The van der Waals surface area contributed by atoms with Gasteiger partial charge >= 0.3 is 11.9 Å². The maximum absolute atomic E-state index is 14.0. The van der Waals surface area contributed by atoms with E-state index in [4.69, 9.17) is 22.4 Å². The quantitative estimate of drug-likeness (QED) is 0.238. The number of halogens is 1. The molecule has 3 unspecified atom stereocenters. The highest BCUT2D eigenvalue weighted by Crippen LogP contribution is 2.32. The molecule has 3 atom stereocenters. The van der Waals surface area contributed by atoms with Crippen LogP contribution in [0.3, 0.4) is 0 Å². The van der Waals surface area contributed by atoms with Gasteiger partial charge in [0.05, 0.1) is 30.4 Å². The molecule has 2 aliphatic heterocycles. The Bertz CT molecular complexity index is 1470. The summed E-state index contributed by atoms with van der Waals surface area (Å²) in [7, 11) is 0. The smallest absolute Gasteiger partial charge is 0.338 e. The average Bonchev–Trinajstić information content (AvgIpc) is 3.51. The van der Waals surface area contributed by atoms with Gasteiger partial charge in [0.15, 0.2) is 0 Å². The fourth-order valence-electron chi connectivity index (χ4n) is 6.02. The lowest BCUT2D eigenvalue weighted by molar-refractivity contribution is -0.882. The number of aromatic carboxylic acids is 1. The Morgan fingerprint density at radius 3 is 2.55 bits per heavy atom. The van der Waals surface area contributed by atoms with Gasteiger partial charge in [-0.1, -0.05) is 18.5 Å². The van der Waals surface area contributed by atoms with Crippen LogP contribution in [0, 0.1) is 5.92 Å². The fraction of sp³-hybridized carbons (Fsp3) is 0.379. The summed E-state index contributed by atoms with van der Waals surface area (Å²) in [4.78, 5) is 38.3. The van der Waals surface area contributed by atoms with Gasteiger partial charge in [-0.15, -0.1) is 5.10 Å². The van der Waals surface area contributed by atoms with Gasteiger partial charge in [0.25, 0.3) is 0 Å². The molecule has 5 rings (SSSR count). The molecule has 2 aromatic carbocycles. The Hall–Kier alpha value is -3.97. The van der Waals surface area contributed by atoms with Crippen molar-refractivity contribution in [2.45, 2.75) is 44.3 Å². The van der Waals surface area contributed by atoms with E-state index in [0.29, 0.717) is 48.0 Å². The number of piperidine rings is 2. The summed E-state index contributed by atoms with van der Waals surface area (Å²) in [6.45, 7) is 3.73. The molecule has 3 aromatic rings. The van der Waals surface area contributed by atoms with Gasteiger partial charge in [-0.3, -0.25) is 14.6 Å². The predicted molar refractivity (Wildman–Crippen MR) is 157 cm³/mol. The summed E-state index contributed by atoms with van der Waals surface area (Å²) >= 11 is 6.27. The third-order valence-corrected chi connectivity index (χ3v) is 8.63. The zero-order valence-corrected chi connectivity index (χ0v) is 23.9. The van der Waals surface area contributed by atoms with Crippen molar-refractivity contribution >= 4 is 41.1 Å². The normalized spacial score (nSPS) is 26.2. The molecule has 220 valence electrons. The zero-order chi connectivity index (χ0) is 29.9. The molecule has 2 saturated heterocycles. The van der Waals surface area contributed by atoms with E-state index in [2.05, 4.69) is 26.2 Å². The van der Waals surface area contributed by atoms with E-state index >= 15 is 0 Å². The summed E-state index contributed by atoms with van der Waals surface area (Å²) in [6, 6.07) is 10.9. The molecule has 0 spiro atoms. The lowest BCUT2D eigenvalue weighted by Crippen LogP contribution is -2.69. The molecule has 3 heterocycles. The van der Waals surface area contributed by atoms with Gasteiger partial charge < -0.3 is 16.2 Å². The number of anilines is 1. The molecule has 0 radical (unpaired) electrons. The number of hydrogen-bond donors (Lipinski definition) is 4. The molecular weight excluding hydrogens is 560 g/mol. The van der Waals surface area contributed by atoms with Gasteiger partial charge in [-0.05, 0) is 64.9 Å². The minimum atomic E-state index is -1.03. The molecule has 1 aromatic heterocycles. The van der Waals surface area contributed by atoms with Crippen molar-refractivity contribution < 1.29 is 24.0 Å². The van der Waals surface area contributed by atoms with Crippen LogP contribution in [0.1, 0.15) is 42.1 Å². The van der Waals surface area contributed by atoms with Gasteiger partial charge in [0.1, 0.15) is 12.4 Å². The molecule has 2 fully saturated rings. The van der Waals surface area contributed by atoms with Crippen molar-refractivity contribution in [1.29, 1.82) is 0 Å². The van der Waals surface area contributed by atoms with Crippen molar-refractivity contribution in [3.8, 4) is 5.69 Å². The van der Waals surface area contributed by atoms with Crippen molar-refractivity contribution in [2.75, 3.05) is 25.0 Å². The highest BCUT2D eigenvalue weighted by molar-refractivity contribution is 6.30. The van der Waals surface area contributed by atoms with E-state index in [1.165, 1.54) is 23.1 Å². The maximum Gasteiger partial charge on any atom is 0.338 e. The molecule has 13 heteroatoms. The molecule has 12 nitrogen and oxygen atoms in total. The summed E-state index contributed by atoms with van der Waals surface area (Å²) in [5.41, 5.74) is 8.33. The van der Waals surface area contributed by atoms with Crippen LogP contribution in [0.25, 0.3) is 11.8 Å². The Balaban J connectivity index is 1.32. The largest absolute Gasteiger partial charge is 0.478 e. The zero-order valence-electron chi connectivity index (χ0n) is 23.2. The van der Waals surface area contributed by atoms with E-state index in [0.717, 1.165) is 12.8 Å². The molecule has 0 saturated carbocycles. The van der Waals surface area contributed by atoms with E-state index in [1.54, 1.807) is 42.5 Å². The Morgan fingerprint density at radius 1 is 1.17 bits per heavy atom. The lowest BCUT2D eigenvalue weighted by Gasteiger charge is -2.49. The Morgan fingerprint density at radius 2 is 1.90 bits per heavy atom. The highest BCUT2D eigenvalue weighted by Gasteiger charge is 2.48. The van der Waals surface area contributed by atoms with Gasteiger partial charge in [-0.25, -0.2) is 9.59 Å². The van der Waals surface area contributed by atoms with Crippen molar-refractivity contribution in [2.24, 2.45) is 11.7 Å². The molecule has 42 heavy (non-hydrogen) atoms. The first-order valence-corrected chi connectivity index (χ1v) is 14.3. The number of nitrogens with one attached hydrogen (secondary N) is 2. The molecule has 0 aliphatic carbocycles. The minimum Gasteiger partial charge on any atom is -0.478 e. The van der Waals surface area contributed by atoms with Crippen molar-refractivity contribution in [3.63, 3.8) is 0 Å². The first-order valence-electron chi connectivity index (χ1n) is 13.9. The molecule has 2 aliphatic rings. The Labute approximate surface area is 248 Å². The highest BCUT2D eigenvalue weighted by atomic mass is 35.5. The number of carboxylic acids is 1. The number of carbonyl (C=O) groups excluding carboxylic acids is 2. The van der Waals surface area contributed by atoms with E-state index in [1.807, 2.05) is 6.92 Å². The van der Waals surface area contributed by atoms with Crippen LogP contribution in [0.2, 0.25) is 5.02 Å². The second kappa shape index (κ2) is 12.5. The van der Waals surface area contributed by atoms with Crippen LogP contribution in [-0.4, -0.2) is 85.3 Å². The van der Waals surface area contributed by atoms with Crippen LogP contribution in [-0.2, 0) is 9.59 Å². The number of hydrogen-bond acceptors (Lipinski definition) is 8. The number of nitrogens with two attached hydrogens (primary N) is 1. The van der Waals surface area contributed by atoms with Crippen molar-refractivity contribution in [3.05, 3.63) is 71.0 Å². The van der Waals surface area contributed by atoms with Crippen LogP contribution in [0.4, 0.5) is 5.69 Å². The second-order valence-corrected chi connectivity index (χ2v) is 11.5. The maximum atomic E-state index is 14.0. The number of tetrazole rings is 1. The number of amides is 2. The predicted octanol–water partition coefficient (Wildman–Crippen LogP) is 2.50. The van der Waals surface area contributed by atoms with Crippen molar-refractivity contribution in [1.82, 2.24) is 25.5 Å². The molecule has 5 N–H and O–H groups in total. The summed E-state index contributed by atoms with van der Waals surface area (Å²) in [6.07, 6.45) is 6.98. The topological polar surface area (TPSA) is 165 Å². The van der Waals surface area contributed by atoms with Crippen LogP contribution in [0.15, 0.2) is 54.9 Å². The summed E-state index contributed by atoms with van der Waals surface area (Å²) in [5.74, 6) is -1.30. The monoisotopic (exact) mass is 593 g/mol. The second-order valence-electron chi connectivity index (χ2n) is 11.1. The van der Waals surface area contributed by atoms with Crippen LogP contribution >= 0.6 is 11.6 Å². The fourth-order valence-corrected chi connectivity index (χ4v) is 6.20. The van der Waals surface area contributed by atoms with E-state index in [9.17, 15) is 14.4 Å². The first-order chi connectivity index (χ1) is 20.2. The summed E-state index contributed by atoms with van der Waals surface area (Å²) in [5, 5.41) is 27.3. The number of aromatic nitrogens is 4. The number of nitrogens with zero attached hydrogens (tertiary/aromatic N) is 5. The third-order valence-electron chi connectivity index (χ3n) is 8.39. The number of carboxylic acid groups (broad SMARTS) is 1. The van der Waals surface area contributed by atoms with E-state index in [-0.39, 0.29) is 39.9 Å². The van der Waals surface area contributed by atoms with Gasteiger partial charge in [0.2, 0.25) is 5.91 Å².